The zero-order chi connectivity index (χ0) is 24.7. The van der Waals surface area contributed by atoms with Gasteiger partial charge in [0, 0.05) is 33.5 Å². The van der Waals surface area contributed by atoms with Crippen LogP contribution in [0.4, 0.5) is 0 Å². The molecule has 0 spiro atoms. The Balaban J connectivity index is 1.74. The lowest BCUT2D eigenvalue weighted by Gasteiger charge is -2.37. The largest absolute Gasteiger partial charge is 0.467 e. The third kappa shape index (κ3) is 1.92. The second-order valence-corrected chi connectivity index (χ2v) is 9.96. The highest BCUT2D eigenvalue weighted by molar-refractivity contribution is 6.31. The number of hydrogen-bond donors (Lipinski definition) is 3. The summed E-state index contributed by atoms with van der Waals surface area (Å²) >= 11 is 0. The van der Waals surface area contributed by atoms with Crippen molar-refractivity contribution >= 4 is 55.5 Å². The summed E-state index contributed by atoms with van der Waals surface area (Å²) in [4.78, 5) is 26.4. The fourth-order valence-corrected chi connectivity index (χ4v) is 6.94. The van der Waals surface area contributed by atoms with Crippen LogP contribution in [-0.4, -0.2) is 43.9 Å². The lowest BCUT2D eigenvalue weighted by molar-refractivity contribution is -0.202. The third-order valence-electron chi connectivity index (χ3n) is 8.41. The Morgan fingerprint density at radius 3 is 2.47 bits per heavy atom. The fraction of sp³-hybridized carbons (Fsp3) is 0.259. The van der Waals surface area contributed by atoms with Crippen LogP contribution in [0.1, 0.15) is 41.7 Å². The molecule has 3 aliphatic rings. The molecule has 2 bridgehead atoms. The molecule has 1 saturated heterocycles. The molecule has 180 valence electrons. The number of ether oxygens (including phenoxy) is 2. The van der Waals surface area contributed by atoms with E-state index in [-0.39, 0.29) is 12.3 Å². The van der Waals surface area contributed by atoms with Crippen LogP contribution in [0, 0.1) is 0 Å². The van der Waals surface area contributed by atoms with Crippen LogP contribution in [0.15, 0.2) is 48.5 Å². The minimum Gasteiger partial charge on any atom is -0.467 e. The Morgan fingerprint density at radius 1 is 1.08 bits per heavy atom. The molecule has 8 rings (SSSR count). The van der Waals surface area contributed by atoms with E-state index in [0.29, 0.717) is 32.9 Å². The van der Waals surface area contributed by atoms with E-state index in [9.17, 15) is 19.8 Å². The predicted octanol–water partition coefficient (Wildman–Crippen LogP) is 3.15. The highest BCUT2D eigenvalue weighted by Crippen LogP contribution is 2.58. The van der Waals surface area contributed by atoms with Gasteiger partial charge in [-0.2, -0.15) is 0 Å². The molecule has 5 heterocycles. The number of esters is 1. The summed E-state index contributed by atoms with van der Waals surface area (Å²) in [6.07, 6.45) is -1.95. The summed E-state index contributed by atoms with van der Waals surface area (Å²) < 4.78 is 15.6. The number of nitrogens with zero attached hydrogens (tertiary/aromatic N) is 2. The molecule has 36 heavy (non-hydrogen) atoms. The number of aromatic nitrogens is 2. The van der Waals surface area contributed by atoms with Crippen LogP contribution in [0.25, 0.3) is 43.6 Å². The van der Waals surface area contributed by atoms with Crippen molar-refractivity contribution in [2.75, 3.05) is 7.11 Å². The van der Waals surface area contributed by atoms with E-state index in [1.807, 2.05) is 57.7 Å². The van der Waals surface area contributed by atoms with Gasteiger partial charge in [0.15, 0.2) is 12.0 Å². The van der Waals surface area contributed by atoms with E-state index in [4.69, 9.17) is 9.47 Å². The minimum absolute atomic E-state index is 0.0384. The number of carbonyl (C=O) groups is 2. The summed E-state index contributed by atoms with van der Waals surface area (Å²) in [5, 5.41) is 28.7. The van der Waals surface area contributed by atoms with Crippen molar-refractivity contribution in [2.45, 2.75) is 37.1 Å². The highest BCUT2D eigenvalue weighted by Gasteiger charge is 2.66. The maximum absolute atomic E-state index is 13.3. The molecule has 5 aromatic rings. The van der Waals surface area contributed by atoms with Crippen LogP contribution in [0.2, 0.25) is 0 Å². The van der Waals surface area contributed by atoms with Crippen LogP contribution in [-0.2, 0) is 20.0 Å². The molecule has 4 atom stereocenters. The van der Waals surface area contributed by atoms with Crippen molar-refractivity contribution in [1.82, 2.24) is 14.5 Å². The van der Waals surface area contributed by atoms with Gasteiger partial charge >= 0.3 is 5.97 Å². The van der Waals surface area contributed by atoms with Crippen LogP contribution in [0.5, 0.6) is 0 Å². The van der Waals surface area contributed by atoms with Crippen LogP contribution < -0.4 is 5.32 Å². The maximum atomic E-state index is 13.3. The summed E-state index contributed by atoms with van der Waals surface area (Å²) in [5.74, 6) is -1.13. The number of aliphatic hydroxyl groups excluding tert-OH is 1. The molecule has 3 aromatic carbocycles. The average Bonchev–Trinajstić information content (AvgIpc) is 3.54. The number of para-hydroxylation sites is 2. The Hall–Kier alpha value is -3.92. The Kier molecular flexibility index (Phi) is 3.42. The normalized spacial score (nSPS) is 28.4. The average molecular weight is 483 g/mol. The van der Waals surface area contributed by atoms with Crippen molar-refractivity contribution < 1.29 is 29.3 Å². The van der Waals surface area contributed by atoms with Crippen LogP contribution >= 0.6 is 0 Å². The van der Waals surface area contributed by atoms with Gasteiger partial charge in [-0.15, -0.1) is 0 Å². The number of fused-ring (bicyclic) bond motifs is 13. The lowest BCUT2D eigenvalue weighted by Crippen LogP contribution is -2.56. The zero-order valence-corrected chi connectivity index (χ0v) is 19.4. The van der Waals surface area contributed by atoms with Gasteiger partial charge in [0.2, 0.25) is 5.60 Å². The molecule has 2 aromatic heterocycles. The van der Waals surface area contributed by atoms with E-state index in [1.54, 1.807) is 6.92 Å². The van der Waals surface area contributed by atoms with E-state index in [1.165, 1.54) is 7.11 Å². The Bertz CT molecular complexity index is 1870. The lowest BCUT2D eigenvalue weighted by atomic mass is 9.88. The summed E-state index contributed by atoms with van der Waals surface area (Å²) in [5.41, 5.74) is 0.359. The Labute approximate surface area is 203 Å². The fourth-order valence-electron chi connectivity index (χ4n) is 6.94. The van der Waals surface area contributed by atoms with Gasteiger partial charge < -0.3 is 34.1 Å². The molecule has 3 aliphatic heterocycles. The van der Waals surface area contributed by atoms with Gasteiger partial charge in [-0.25, -0.2) is 4.79 Å². The minimum atomic E-state index is -2.00. The molecule has 9 heteroatoms. The number of nitrogens with one attached hydrogen (secondary N) is 1. The van der Waals surface area contributed by atoms with Crippen LogP contribution in [0.3, 0.4) is 0 Å². The van der Waals surface area contributed by atoms with E-state index >= 15 is 0 Å². The van der Waals surface area contributed by atoms with Gasteiger partial charge in [-0.05, 0) is 19.1 Å². The first-order chi connectivity index (χ1) is 17.3. The SMILES string of the molecule is COC(=O)[C@@]1(O)C[C@H]2O[C@]1(C)n1c3ccccc3c3c4c(c5c6ccccc6n2c5c31)C(=O)NC4O. The predicted molar refractivity (Wildman–Crippen MR) is 130 cm³/mol. The number of rotatable bonds is 1. The van der Waals surface area contributed by atoms with Gasteiger partial charge in [-0.3, -0.25) is 4.79 Å². The standard InChI is InChI=1S/C27H21N3O6/c1-26-27(34,25(33)35-2)11-16(36-26)29-14-9-5-3-7-12(14)17-19-20(24(32)28-23(19)31)18-13-8-4-6-10-15(13)30(26)22(18)21(17)29/h3-10,16,24,32,34H,11H2,1-2H3,(H,28,31)/t16-,24?,26+,27+/m1/s1. The third-order valence-corrected chi connectivity index (χ3v) is 8.41. The molecule has 1 unspecified atom stereocenters. The molecule has 0 saturated carbocycles. The molecular formula is C27H21N3O6. The van der Waals surface area contributed by atoms with Gasteiger partial charge in [0.25, 0.3) is 5.91 Å². The first kappa shape index (κ1) is 20.3. The van der Waals surface area contributed by atoms with Crippen molar-refractivity contribution in [3.8, 4) is 0 Å². The van der Waals surface area contributed by atoms with Crippen molar-refractivity contribution in [1.29, 1.82) is 0 Å². The van der Waals surface area contributed by atoms with Crippen molar-refractivity contribution in [3.05, 3.63) is 59.7 Å². The first-order valence-electron chi connectivity index (χ1n) is 11.8. The molecule has 9 nitrogen and oxygen atoms in total. The van der Waals surface area contributed by atoms with Crippen molar-refractivity contribution in [3.63, 3.8) is 0 Å². The monoisotopic (exact) mass is 483 g/mol. The van der Waals surface area contributed by atoms with E-state index in [2.05, 4.69) is 5.32 Å². The van der Waals surface area contributed by atoms with Gasteiger partial charge in [0.1, 0.15) is 6.23 Å². The maximum Gasteiger partial charge on any atom is 0.343 e. The topological polar surface area (TPSA) is 115 Å². The molecule has 0 radical (unpaired) electrons. The second kappa shape index (κ2) is 6.07. The van der Waals surface area contributed by atoms with Gasteiger partial charge in [0.05, 0.1) is 34.7 Å². The van der Waals surface area contributed by atoms with Gasteiger partial charge in [-0.1, -0.05) is 36.4 Å². The number of methoxy groups -OCH3 is 1. The Morgan fingerprint density at radius 2 is 1.75 bits per heavy atom. The number of benzene rings is 3. The molecule has 1 fully saturated rings. The number of hydrogen-bond acceptors (Lipinski definition) is 6. The van der Waals surface area contributed by atoms with Crippen molar-refractivity contribution in [2.24, 2.45) is 0 Å². The molecule has 3 N–H and O–H groups in total. The number of amides is 1. The summed E-state index contributed by atoms with van der Waals surface area (Å²) in [6.45, 7) is 1.70. The zero-order valence-electron chi connectivity index (χ0n) is 19.4. The second-order valence-electron chi connectivity index (χ2n) is 9.96. The first-order valence-corrected chi connectivity index (χ1v) is 11.8. The number of carbonyl (C=O) groups excluding carboxylic acids is 2. The van der Waals surface area contributed by atoms with E-state index < -0.39 is 29.8 Å². The smallest absolute Gasteiger partial charge is 0.343 e. The number of aliphatic hydroxyl groups is 2. The quantitative estimate of drug-likeness (QED) is 0.316. The summed E-state index contributed by atoms with van der Waals surface area (Å²) in [6, 6.07) is 15.2. The highest BCUT2D eigenvalue weighted by atomic mass is 16.6. The molecule has 1 amide bonds. The molecular weight excluding hydrogens is 462 g/mol. The van der Waals surface area contributed by atoms with E-state index in [0.717, 1.165) is 21.8 Å². The molecule has 0 aliphatic carbocycles. The summed E-state index contributed by atoms with van der Waals surface area (Å²) in [7, 11) is 1.25.